The Morgan fingerprint density at radius 3 is 1.85 bits per heavy atom. The van der Waals surface area contributed by atoms with Gasteiger partial charge in [0, 0.05) is 0 Å². The highest BCUT2D eigenvalue weighted by Gasteiger charge is 2.02. The third-order valence-corrected chi connectivity index (χ3v) is 1.04. The van der Waals surface area contributed by atoms with Crippen molar-refractivity contribution in [3.63, 3.8) is 0 Å². The van der Waals surface area contributed by atoms with Gasteiger partial charge in [-0.1, -0.05) is 0 Å². The van der Waals surface area contributed by atoms with E-state index in [1.165, 1.54) is 14.2 Å². The van der Waals surface area contributed by atoms with E-state index in [9.17, 15) is 0 Å². The van der Waals surface area contributed by atoms with Gasteiger partial charge < -0.3 is 5.73 Å². The van der Waals surface area contributed by atoms with Crippen molar-refractivity contribution >= 4 is 17.8 Å². The highest BCUT2D eigenvalue weighted by Crippen LogP contribution is 2.05. The van der Waals surface area contributed by atoms with Gasteiger partial charge in [-0.3, -0.25) is 9.68 Å². The lowest BCUT2D eigenvalue weighted by molar-refractivity contribution is 0.262. The van der Waals surface area contributed by atoms with E-state index in [4.69, 9.17) is 5.73 Å². The van der Waals surface area contributed by atoms with Gasteiger partial charge in [-0.25, -0.2) is 11.0 Å². The van der Waals surface area contributed by atoms with Crippen LogP contribution in [0.4, 0.5) is 17.8 Å². The molecule has 1 rings (SSSR count). The average Bonchev–Trinajstić information content (AvgIpc) is 2.04. The second-order valence-electron chi connectivity index (χ2n) is 1.95. The van der Waals surface area contributed by atoms with E-state index in [-0.39, 0.29) is 17.8 Å². The van der Waals surface area contributed by atoms with E-state index in [1.807, 2.05) is 0 Å². The van der Waals surface area contributed by atoms with Crippen molar-refractivity contribution in [3.05, 3.63) is 0 Å². The first-order valence-corrected chi connectivity index (χ1v) is 3.36. The molecule has 0 aliphatic rings. The molecule has 0 fully saturated rings. The highest BCUT2D eigenvalue weighted by atomic mass is 16.6. The molecule has 0 saturated heterocycles. The van der Waals surface area contributed by atoms with Gasteiger partial charge >= 0.3 is 0 Å². The van der Waals surface area contributed by atoms with Crippen molar-refractivity contribution < 1.29 is 9.68 Å². The minimum atomic E-state index is 0.0640. The second-order valence-corrected chi connectivity index (χ2v) is 1.95. The van der Waals surface area contributed by atoms with Gasteiger partial charge in [-0.2, -0.15) is 15.0 Å². The average molecular weight is 186 g/mol. The maximum absolute atomic E-state index is 5.37. The zero-order chi connectivity index (χ0) is 9.68. The summed E-state index contributed by atoms with van der Waals surface area (Å²) in [4.78, 5) is 20.5. The van der Waals surface area contributed by atoms with Crippen LogP contribution >= 0.6 is 0 Å². The molecule has 0 radical (unpaired) electrons. The molecule has 1 heterocycles. The number of nitrogens with two attached hydrogens (primary N) is 1. The quantitative estimate of drug-likeness (QED) is 0.535. The predicted octanol–water partition coefficient (Wildman–Crippen LogP) is -0.600. The van der Waals surface area contributed by atoms with Gasteiger partial charge in [-0.05, 0) is 0 Å². The monoisotopic (exact) mass is 186 g/mol. The molecule has 8 heteroatoms. The first-order valence-electron chi connectivity index (χ1n) is 3.36. The molecule has 72 valence electrons. The molecule has 1 aromatic rings. The summed E-state index contributed by atoms with van der Waals surface area (Å²) in [5, 5.41) is 0. The van der Waals surface area contributed by atoms with Crippen LogP contribution in [0.3, 0.4) is 0 Å². The zero-order valence-corrected chi connectivity index (χ0v) is 7.24. The number of nitrogens with zero attached hydrogens (tertiary/aromatic N) is 3. The maximum Gasteiger partial charge on any atom is 0.253 e. The smallest absolute Gasteiger partial charge is 0.253 e. The normalized spacial score (nSPS) is 9.69. The molecule has 0 aromatic carbocycles. The Morgan fingerprint density at radius 1 is 1.00 bits per heavy atom. The molecule has 13 heavy (non-hydrogen) atoms. The van der Waals surface area contributed by atoms with Gasteiger partial charge in [0.2, 0.25) is 5.95 Å². The fourth-order valence-electron chi connectivity index (χ4n) is 0.666. The molecule has 0 aliphatic heterocycles. The zero-order valence-electron chi connectivity index (χ0n) is 7.24. The number of hydrogen-bond donors (Lipinski definition) is 3. The topological polar surface area (TPSA) is 107 Å². The minimum Gasteiger partial charge on any atom is -0.368 e. The van der Waals surface area contributed by atoms with Crippen molar-refractivity contribution in [1.29, 1.82) is 0 Å². The van der Waals surface area contributed by atoms with Crippen LogP contribution in [0.15, 0.2) is 0 Å². The summed E-state index contributed by atoms with van der Waals surface area (Å²) in [5.74, 6) is 0.471. The van der Waals surface area contributed by atoms with Gasteiger partial charge in [0.15, 0.2) is 0 Å². The van der Waals surface area contributed by atoms with Crippen LogP contribution in [-0.4, -0.2) is 29.2 Å². The lowest BCUT2D eigenvalue weighted by atomic mass is 10.8. The molecule has 8 nitrogen and oxygen atoms in total. The third kappa shape index (κ3) is 2.69. The number of hydrogen-bond acceptors (Lipinski definition) is 8. The summed E-state index contributed by atoms with van der Waals surface area (Å²) in [6.07, 6.45) is 0. The molecule has 0 spiro atoms. The van der Waals surface area contributed by atoms with Crippen LogP contribution in [0.25, 0.3) is 0 Å². The minimum absolute atomic E-state index is 0.0640. The molecular weight excluding hydrogens is 176 g/mol. The maximum atomic E-state index is 5.37. The number of nitrogens with one attached hydrogen (secondary N) is 2. The molecule has 1 aromatic heterocycles. The second kappa shape index (κ2) is 4.38. The summed E-state index contributed by atoms with van der Waals surface area (Å²) >= 11 is 0. The van der Waals surface area contributed by atoms with E-state index in [1.54, 1.807) is 0 Å². The SMILES string of the molecule is CONc1nc(N)nc(NOC)n1. The summed E-state index contributed by atoms with van der Waals surface area (Å²) in [6, 6.07) is 0. The van der Waals surface area contributed by atoms with Crippen molar-refractivity contribution in [2.24, 2.45) is 0 Å². The summed E-state index contributed by atoms with van der Waals surface area (Å²) in [5.41, 5.74) is 10.2. The molecule has 0 saturated carbocycles. The van der Waals surface area contributed by atoms with Crippen LogP contribution in [0.1, 0.15) is 0 Å². The largest absolute Gasteiger partial charge is 0.368 e. The van der Waals surface area contributed by atoms with Gasteiger partial charge in [0.25, 0.3) is 11.9 Å². The van der Waals surface area contributed by atoms with Crippen LogP contribution in [0.2, 0.25) is 0 Å². The molecule has 0 atom stereocenters. The first-order chi connectivity index (χ1) is 6.26. The fraction of sp³-hybridized carbons (Fsp3) is 0.400. The van der Waals surface area contributed by atoms with Crippen molar-refractivity contribution in [3.8, 4) is 0 Å². The van der Waals surface area contributed by atoms with Crippen LogP contribution in [0, 0.1) is 0 Å². The van der Waals surface area contributed by atoms with E-state index in [0.29, 0.717) is 0 Å². The van der Waals surface area contributed by atoms with Crippen LogP contribution in [0.5, 0.6) is 0 Å². The standard InChI is InChI=1S/C5H10N6O2/c1-12-10-4-7-3(6)8-5(9-4)11-13-2/h1-2H3,(H4,6,7,8,9,10,11). The predicted molar refractivity (Wildman–Crippen MR) is 45.5 cm³/mol. The van der Waals surface area contributed by atoms with Gasteiger partial charge in [0.05, 0.1) is 14.2 Å². The van der Waals surface area contributed by atoms with Crippen molar-refractivity contribution in [2.75, 3.05) is 30.9 Å². The summed E-state index contributed by atoms with van der Waals surface area (Å²) in [7, 11) is 2.87. The van der Waals surface area contributed by atoms with E-state index >= 15 is 0 Å². The molecule has 0 aliphatic carbocycles. The third-order valence-electron chi connectivity index (χ3n) is 1.04. The molecular formula is C5H10N6O2. The van der Waals surface area contributed by atoms with Crippen LogP contribution in [-0.2, 0) is 9.68 Å². The highest BCUT2D eigenvalue weighted by molar-refractivity contribution is 5.37. The summed E-state index contributed by atoms with van der Waals surface area (Å²) in [6.45, 7) is 0. The lowest BCUT2D eigenvalue weighted by Gasteiger charge is -2.04. The Hall–Kier alpha value is -1.67. The molecule has 0 amide bonds. The van der Waals surface area contributed by atoms with Gasteiger partial charge in [0.1, 0.15) is 0 Å². The molecule has 0 unspecified atom stereocenters. The van der Waals surface area contributed by atoms with Crippen molar-refractivity contribution in [2.45, 2.75) is 0 Å². The Kier molecular flexibility index (Phi) is 3.17. The Bertz CT molecular complexity index is 255. The number of aromatic nitrogens is 3. The van der Waals surface area contributed by atoms with Crippen LogP contribution < -0.4 is 16.7 Å². The lowest BCUT2D eigenvalue weighted by Crippen LogP contribution is -2.09. The van der Waals surface area contributed by atoms with E-state index in [2.05, 4.69) is 35.6 Å². The van der Waals surface area contributed by atoms with Crippen molar-refractivity contribution in [1.82, 2.24) is 15.0 Å². The number of nitrogen functional groups attached to an aromatic ring is 1. The fourth-order valence-corrected chi connectivity index (χ4v) is 0.666. The Balaban J connectivity index is 2.83. The molecule has 4 N–H and O–H groups in total. The molecule has 0 bridgehead atoms. The van der Waals surface area contributed by atoms with Gasteiger partial charge in [-0.15, -0.1) is 0 Å². The Labute approximate surface area is 74.4 Å². The number of anilines is 3. The van der Waals surface area contributed by atoms with E-state index in [0.717, 1.165) is 0 Å². The first kappa shape index (κ1) is 9.42. The summed E-state index contributed by atoms with van der Waals surface area (Å²) < 4.78 is 0. The van der Waals surface area contributed by atoms with E-state index < -0.39 is 0 Å². The number of rotatable bonds is 4. The Morgan fingerprint density at radius 2 is 1.46 bits per heavy atom.